The Morgan fingerprint density at radius 2 is 2.23 bits per heavy atom. The third-order valence-electron chi connectivity index (χ3n) is 3.51. The fourth-order valence-corrected chi connectivity index (χ4v) is 3.77. The molecule has 0 heterocycles. The first-order valence-corrected chi connectivity index (χ1v) is 6.61. The van der Waals surface area contributed by atoms with Crippen molar-refractivity contribution in [3.8, 4) is 0 Å². The Labute approximate surface area is 93.1 Å². The largest absolute Gasteiger partial charge is 0.299 e. The van der Waals surface area contributed by atoms with E-state index in [1.165, 1.54) is 12.0 Å². The summed E-state index contributed by atoms with van der Waals surface area (Å²) in [5, 5.41) is 0. The van der Waals surface area contributed by atoms with Crippen LogP contribution in [0.4, 0.5) is 0 Å². The molecule has 0 radical (unpaired) electrons. The molecule has 72 valence electrons. The molecular formula is C11H15IO. The summed E-state index contributed by atoms with van der Waals surface area (Å²) in [5.41, 5.74) is 1.44. The van der Waals surface area contributed by atoms with Crippen LogP contribution in [0.5, 0.6) is 0 Å². The van der Waals surface area contributed by atoms with Crippen molar-refractivity contribution < 1.29 is 4.79 Å². The normalized spacial score (nSPS) is 33.9. The monoisotopic (exact) mass is 290 g/mol. The molecular weight excluding hydrogens is 275 g/mol. The Morgan fingerprint density at radius 3 is 2.92 bits per heavy atom. The molecule has 0 aromatic heterocycles. The first kappa shape index (κ1) is 9.69. The summed E-state index contributed by atoms with van der Waals surface area (Å²) < 4.78 is 1.05. The first-order chi connectivity index (χ1) is 6.29. The molecule has 0 aromatic rings. The molecule has 0 aliphatic heterocycles. The van der Waals surface area contributed by atoms with Crippen LogP contribution in [-0.2, 0) is 4.79 Å². The van der Waals surface area contributed by atoms with Gasteiger partial charge in [-0.1, -0.05) is 40.7 Å². The second-order valence-electron chi connectivity index (χ2n) is 4.11. The molecule has 2 heteroatoms. The topological polar surface area (TPSA) is 17.1 Å². The van der Waals surface area contributed by atoms with Crippen LogP contribution < -0.4 is 0 Å². The number of carbonyl (C=O) groups excluding carboxylic acids is 1. The minimum absolute atomic E-state index is 0.0133. The number of ketones is 1. The Kier molecular flexibility index (Phi) is 2.77. The van der Waals surface area contributed by atoms with Crippen molar-refractivity contribution in [2.45, 2.75) is 38.5 Å². The summed E-state index contributed by atoms with van der Waals surface area (Å²) in [6.45, 7) is 0. The molecule has 0 bridgehead atoms. The quantitative estimate of drug-likeness (QED) is 0.411. The van der Waals surface area contributed by atoms with Gasteiger partial charge in [0.05, 0.1) is 5.41 Å². The van der Waals surface area contributed by atoms with Crippen LogP contribution in [0.3, 0.4) is 0 Å². The van der Waals surface area contributed by atoms with Crippen LogP contribution in [0.2, 0.25) is 0 Å². The summed E-state index contributed by atoms with van der Waals surface area (Å²) in [7, 11) is 0. The van der Waals surface area contributed by atoms with Gasteiger partial charge in [0, 0.05) is 10.8 Å². The molecule has 2 aliphatic carbocycles. The maximum Gasteiger partial charge on any atom is 0.143 e. The molecule has 2 rings (SSSR count). The molecule has 1 spiro atoms. The lowest BCUT2D eigenvalue weighted by Gasteiger charge is -2.34. The van der Waals surface area contributed by atoms with E-state index in [-0.39, 0.29) is 5.41 Å². The second kappa shape index (κ2) is 3.71. The van der Waals surface area contributed by atoms with E-state index in [0.717, 1.165) is 36.5 Å². The maximum absolute atomic E-state index is 11.9. The molecule has 0 N–H and O–H groups in total. The fraction of sp³-hybridized carbons (Fsp3) is 0.727. The van der Waals surface area contributed by atoms with E-state index in [2.05, 4.69) is 28.7 Å². The van der Waals surface area contributed by atoms with E-state index in [1.807, 2.05) is 0 Å². The molecule has 1 unspecified atom stereocenters. The molecule has 0 amide bonds. The highest BCUT2D eigenvalue weighted by atomic mass is 127. The van der Waals surface area contributed by atoms with E-state index in [9.17, 15) is 4.79 Å². The number of hydrogen-bond donors (Lipinski definition) is 0. The van der Waals surface area contributed by atoms with Crippen molar-refractivity contribution in [2.24, 2.45) is 5.41 Å². The highest BCUT2D eigenvalue weighted by Crippen LogP contribution is 2.48. The molecule has 1 nitrogen and oxygen atoms in total. The number of allylic oxidation sites excluding steroid dienone is 2. The lowest BCUT2D eigenvalue weighted by molar-refractivity contribution is -0.129. The van der Waals surface area contributed by atoms with E-state index in [4.69, 9.17) is 0 Å². The lowest BCUT2D eigenvalue weighted by Crippen LogP contribution is -2.34. The third kappa shape index (κ3) is 1.47. The molecule has 1 saturated carbocycles. The van der Waals surface area contributed by atoms with Gasteiger partial charge in [-0.25, -0.2) is 0 Å². The predicted molar refractivity (Wildman–Crippen MR) is 62.1 cm³/mol. The van der Waals surface area contributed by atoms with Gasteiger partial charge in [0.2, 0.25) is 0 Å². The van der Waals surface area contributed by atoms with Gasteiger partial charge in [-0.2, -0.15) is 0 Å². The average molecular weight is 290 g/mol. The number of hydrogen-bond acceptors (Lipinski definition) is 1. The van der Waals surface area contributed by atoms with Crippen molar-refractivity contribution in [1.29, 1.82) is 0 Å². The summed E-state index contributed by atoms with van der Waals surface area (Å²) in [6.07, 6.45) is 8.85. The van der Waals surface area contributed by atoms with Crippen LogP contribution in [0.25, 0.3) is 0 Å². The minimum atomic E-state index is 0.0133. The Bertz CT molecular complexity index is 257. The molecule has 1 atom stereocenters. The summed E-state index contributed by atoms with van der Waals surface area (Å²) in [6, 6.07) is 0. The van der Waals surface area contributed by atoms with Gasteiger partial charge >= 0.3 is 0 Å². The van der Waals surface area contributed by atoms with E-state index in [0.29, 0.717) is 5.78 Å². The molecule has 13 heavy (non-hydrogen) atoms. The van der Waals surface area contributed by atoms with Gasteiger partial charge in [0.25, 0.3) is 0 Å². The van der Waals surface area contributed by atoms with Gasteiger partial charge in [-0.05, 0) is 25.7 Å². The smallest absolute Gasteiger partial charge is 0.143 e. The predicted octanol–water partition coefficient (Wildman–Crippen LogP) is 3.27. The maximum atomic E-state index is 11.9. The van der Waals surface area contributed by atoms with Gasteiger partial charge < -0.3 is 0 Å². The van der Waals surface area contributed by atoms with Gasteiger partial charge in [0.15, 0.2) is 0 Å². The number of Topliss-reactive ketones (excluding diaryl/α,β-unsaturated/α-hetero) is 1. The summed E-state index contributed by atoms with van der Waals surface area (Å²) >= 11 is 2.39. The SMILES string of the molecule is O=C1CCCCC12CCC=C2CI. The molecule has 0 aromatic carbocycles. The van der Waals surface area contributed by atoms with Gasteiger partial charge in [-0.3, -0.25) is 4.79 Å². The van der Waals surface area contributed by atoms with Gasteiger partial charge in [-0.15, -0.1) is 0 Å². The second-order valence-corrected chi connectivity index (χ2v) is 4.88. The Balaban J connectivity index is 2.27. The zero-order valence-corrected chi connectivity index (χ0v) is 9.97. The van der Waals surface area contributed by atoms with Crippen molar-refractivity contribution in [3.05, 3.63) is 11.6 Å². The zero-order chi connectivity index (χ0) is 9.31. The molecule has 2 aliphatic rings. The summed E-state index contributed by atoms with van der Waals surface area (Å²) in [4.78, 5) is 11.9. The Morgan fingerprint density at radius 1 is 1.38 bits per heavy atom. The van der Waals surface area contributed by atoms with Crippen LogP contribution in [-0.4, -0.2) is 10.2 Å². The Hall–Kier alpha value is 0.140. The highest BCUT2D eigenvalue weighted by molar-refractivity contribution is 14.1. The minimum Gasteiger partial charge on any atom is -0.299 e. The third-order valence-corrected chi connectivity index (χ3v) is 4.33. The standard InChI is InChI=1S/C11H15IO/c12-8-9-4-3-7-11(9)6-2-1-5-10(11)13/h4H,1-3,5-8H2. The molecule has 1 fully saturated rings. The van der Waals surface area contributed by atoms with Crippen molar-refractivity contribution in [1.82, 2.24) is 0 Å². The van der Waals surface area contributed by atoms with Crippen molar-refractivity contribution >= 4 is 28.4 Å². The van der Waals surface area contributed by atoms with E-state index in [1.54, 1.807) is 0 Å². The number of alkyl halides is 1. The number of halogens is 1. The average Bonchev–Trinajstić information content (AvgIpc) is 2.55. The fourth-order valence-electron chi connectivity index (χ4n) is 2.73. The zero-order valence-electron chi connectivity index (χ0n) is 7.81. The first-order valence-electron chi connectivity index (χ1n) is 5.08. The van der Waals surface area contributed by atoms with Crippen LogP contribution >= 0.6 is 22.6 Å². The molecule has 0 saturated heterocycles. The highest BCUT2D eigenvalue weighted by Gasteiger charge is 2.43. The number of rotatable bonds is 1. The van der Waals surface area contributed by atoms with E-state index >= 15 is 0 Å². The lowest BCUT2D eigenvalue weighted by atomic mass is 9.69. The van der Waals surface area contributed by atoms with Crippen molar-refractivity contribution in [2.75, 3.05) is 4.43 Å². The van der Waals surface area contributed by atoms with Crippen LogP contribution in [0.1, 0.15) is 38.5 Å². The van der Waals surface area contributed by atoms with E-state index < -0.39 is 0 Å². The number of carbonyl (C=O) groups is 1. The van der Waals surface area contributed by atoms with Gasteiger partial charge in [0.1, 0.15) is 5.78 Å². The van der Waals surface area contributed by atoms with Crippen LogP contribution in [0.15, 0.2) is 11.6 Å². The van der Waals surface area contributed by atoms with Crippen molar-refractivity contribution in [3.63, 3.8) is 0 Å². The summed E-state index contributed by atoms with van der Waals surface area (Å²) in [5.74, 6) is 0.527. The van der Waals surface area contributed by atoms with Crippen LogP contribution in [0, 0.1) is 5.41 Å².